The summed E-state index contributed by atoms with van der Waals surface area (Å²) >= 11 is 0. The summed E-state index contributed by atoms with van der Waals surface area (Å²) in [5, 5.41) is 5.63. The van der Waals surface area contributed by atoms with Crippen LogP contribution in [-0.2, 0) is 19.2 Å². The molecule has 5 atom stereocenters. The second-order valence-electron chi connectivity index (χ2n) is 11.3. The van der Waals surface area contributed by atoms with Gasteiger partial charge in [-0.25, -0.2) is 0 Å². The highest BCUT2D eigenvalue weighted by atomic mass is 16.2. The molecular weight excluding hydrogens is 420 g/mol. The van der Waals surface area contributed by atoms with Gasteiger partial charge in [0, 0.05) is 13.1 Å². The third kappa shape index (κ3) is 5.26. The average Bonchev–Trinajstić information content (AvgIpc) is 3.64. The molecule has 8 heteroatoms. The number of ketones is 1. The van der Waals surface area contributed by atoms with Crippen LogP contribution in [0.2, 0.25) is 0 Å². The van der Waals surface area contributed by atoms with E-state index in [4.69, 9.17) is 5.73 Å². The third-order valence-electron chi connectivity index (χ3n) is 8.44. The van der Waals surface area contributed by atoms with E-state index in [9.17, 15) is 19.2 Å². The van der Waals surface area contributed by atoms with Crippen LogP contribution in [0, 0.1) is 23.2 Å². The van der Waals surface area contributed by atoms with E-state index in [1.165, 1.54) is 0 Å². The summed E-state index contributed by atoms with van der Waals surface area (Å²) in [6, 6.07) is -2.08. The number of rotatable bonds is 4. The Hall–Kier alpha value is -1.96. The maximum Gasteiger partial charge on any atom is 0.289 e. The molecule has 0 unspecified atom stereocenters. The molecule has 4 fully saturated rings. The zero-order chi connectivity index (χ0) is 23.8. The van der Waals surface area contributed by atoms with Crippen molar-refractivity contribution in [2.24, 2.45) is 28.9 Å². The van der Waals surface area contributed by atoms with Gasteiger partial charge in [0.05, 0.1) is 12.1 Å². The smallest absolute Gasteiger partial charge is 0.289 e. The lowest BCUT2D eigenvalue weighted by molar-refractivity contribution is -0.144. The first-order valence-electron chi connectivity index (χ1n) is 12.9. The van der Waals surface area contributed by atoms with Gasteiger partial charge in [-0.3, -0.25) is 19.2 Å². The zero-order valence-electron chi connectivity index (χ0n) is 20.1. The van der Waals surface area contributed by atoms with E-state index in [0.29, 0.717) is 31.8 Å². The molecule has 33 heavy (non-hydrogen) atoms. The molecular formula is C25H40N4O4. The number of amides is 3. The maximum absolute atomic E-state index is 13.5. The number of nitrogens with one attached hydrogen (secondary N) is 2. The van der Waals surface area contributed by atoms with Crippen molar-refractivity contribution >= 4 is 23.5 Å². The Morgan fingerprint density at radius 1 is 1.03 bits per heavy atom. The van der Waals surface area contributed by atoms with Crippen LogP contribution in [-0.4, -0.2) is 59.6 Å². The summed E-state index contributed by atoms with van der Waals surface area (Å²) in [6.07, 6.45) is 8.96. The van der Waals surface area contributed by atoms with Crippen molar-refractivity contribution in [3.8, 4) is 0 Å². The van der Waals surface area contributed by atoms with Gasteiger partial charge in [0.15, 0.2) is 0 Å². The molecule has 2 saturated heterocycles. The van der Waals surface area contributed by atoms with Gasteiger partial charge in [-0.1, -0.05) is 52.4 Å². The molecule has 0 aromatic heterocycles. The lowest BCUT2D eigenvalue weighted by atomic mass is 9.98. The van der Waals surface area contributed by atoms with Crippen LogP contribution in [0.3, 0.4) is 0 Å². The number of carbonyl (C=O) groups is 4. The number of fused-ring (bicyclic) bond motifs is 3. The van der Waals surface area contributed by atoms with Crippen molar-refractivity contribution in [2.75, 3.05) is 13.1 Å². The van der Waals surface area contributed by atoms with Gasteiger partial charge in [-0.05, 0) is 48.9 Å². The molecule has 0 bridgehead atoms. The van der Waals surface area contributed by atoms with E-state index in [1.807, 2.05) is 0 Å². The highest BCUT2D eigenvalue weighted by Gasteiger charge is 2.69. The summed E-state index contributed by atoms with van der Waals surface area (Å²) in [7, 11) is 0. The van der Waals surface area contributed by atoms with Crippen LogP contribution in [0.25, 0.3) is 0 Å². The molecule has 0 radical (unpaired) electrons. The molecule has 2 aliphatic carbocycles. The molecule has 0 aromatic rings. The first-order valence-corrected chi connectivity index (χ1v) is 12.9. The summed E-state index contributed by atoms with van der Waals surface area (Å²) in [6.45, 7) is 5.30. The topological polar surface area (TPSA) is 122 Å². The summed E-state index contributed by atoms with van der Waals surface area (Å²) < 4.78 is 0. The van der Waals surface area contributed by atoms with Crippen LogP contribution < -0.4 is 16.4 Å². The number of carbonyl (C=O) groups excluding carboxylic acids is 4. The Balaban J connectivity index is 1.50. The van der Waals surface area contributed by atoms with E-state index < -0.39 is 29.8 Å². The number of hydrogen-bond donors (Lipinski definition) is 3. The van der Waals surface area contributed by atoms with Gasteiger partial charge in [0.2, 0.25) is 17.6 Å². The molecule has 4 rings (SSSR count). The predicted molar refractivity (Wildman–Crippen MR) is 124 cm³/mol. The first-order chi connectivity index (χ1) is 15.7. The standard InChI is InChI=1S/C25H40N4O4/c1-25(2)16-14-29-20(19(16)25)22(31)28-18(21(30)23(32)27-13-15-11-12-15)10-8-6-4-3-5-7-9-17(26)24(29)33/h15-20H,3-14,26H2,1-2H3,(H,27,32)(H,28,31)/t16-,17-,18-,19-,20-/m0/s1. The predicted octanol–water partition coefficient (Wildman–Crippen LogP) is 1.51. The lowest BCUT2D eigenvalue weighted by Gasteiger charge is -2.32. The van der Waals surface area contributed by atoms with Gasteiger partial charge in [0.1, 0.15) is 6.04 Å². The van der Waals surface area contributed by atoms with Crippen LogP contribution in [0.5, 0.6) is 0 Å². The Bertz CT molecular complexity index is 793. The number of piperidine rings is 1. The molecule has 3 amide bonds. The SMILES string of the molecule is CC1(C)[C@@H]2[C@H]3C(=O)N[C@H](C(=O)C(=O)NCC4CC4)CCCCCCCC[C@H](N)C(=O)N3C[C@@H]21. The normalized spacial score (nSPS) is 34.9. The minimum absolute atomic E-state index is 0.0209. The van der Waals surface area contributed by atoms with E-state index in [1.54, 1.807) is 4.90 Å². The van der Waals surface area contributed by atoms with Crippen LogP contribution >= 0.6 is 0 Å². The van der Waals surface area contributed by atoms with Crippen molar-refractivity contribution < 1.29 is 19.2 Å². The fourth-order valence-corrected chi connectivity index (χ4v) is 5.90. The summed E-state index contributed by atoms with van der Waals surface area (Å²) in [5.41, 5.74) is 6.22. The first kappa shape index (κ1) is 24.2. The van der Waals surface area contributed by atoms with Crippen molar-refractivity contribution in [1.29, 1.82) is 0 Å². The molecule has 0 aromatic carbocycles. The Morgan fingerprint density at radius 2 is 1.67 bits per heavy atom. The number of Topliss-reactive ketones (excluding diaryl/α,β-unsaturated/α-hetero) is 1. The van der Waals surface area contributed by atoms with Gasteiger partial charge in [-0.15, -0.1) is 0 Å². The highest BCUT2D eigenvalue weighted by Crippen LogP contribution is 2.64. The minimum Gasteiger partial charge on any atom is -0.349 e. The molecule has 4 aliphatic rings. The number of hydrogen-bond acceptors (Lipinski definition) is 5. The van der Waals surface area contributed by atoms with Crippen molar-refractivity contribution in [1.82, 2.24) is 15.5 Å². The highest BCUT2D eigenvalue weighted by molar-refractivity contribution is 6.38. The second kappa shape index (κ2) is 9.72. The fraction of sp³-hybridized carbons (Fsp3) is 0.840. The molecule has 0 spiro atoms. The number of nitrogens with two attached hydrogens (primary N) is 1. The van der Waals surface area contributed by atoms with Gasteiger partial charge in [-0.2, -0.15) is 0 Å². The largest absolute Gasteiger partial charge is 0.349 e. The fourth-order valence-electron chi connectivity index (χ4n) is 5.90. The Kier molecular flexibility index (Phi) is 7.12. The van der Waals surface area contributed by atoms with E-state index in [0.717, 1.165) is 51.4 Å². The van der Waals surface area contributed by atoms with Crippen LogP contribution in [0.1, 0.15) is 78.1 Å². The molecule has 184 valence electrons. The maximum atomic E-state index is 13.5. The second-order valence-corrected chi connectivity index (χ2v) is 11.3. The minimum atomic E-state index is -0.853. The molecule has 4 N–H and O–H groups in total. The average molecular weight is 461 g/mol. The van der Waals surface area contributed by atoms with E-state index in [-0.39, 0.29) is 29.1 Å². The van der Waals surface area contributed by atoms with Gasteiger partial charge >= 0.3 is 0 Å². The van der Waals surface area contributed by atoms with E-state index in [2.05, 4.69) is 24.5 Å². The zero-order valence-corrected chi connectivity index (χ0v) is 20.1. The molecule has 2 saturated carbocycles. The molecule has 2 heterocycles. The summed E-state index contributed by atoms with van der Waals surface area (Å²) in [4.78, 5) is 53.8. The lowest BCUT2D eigenvalue weighted by Crippen LogP contribution is -2.57. The molecule has 2 aliphatic heterocycles. The van der Waals surface area contributed by atoms with Crippen molar-refractivity contribution in [2.45, 2.75) is 96.2 Å². The third-order valence-corrected chi connectivity index (χ3v) is 8.44. The quantitative estimate of drug-likeness (QED) is 0.549. The van der Waals surface area contributed by atoms with Crippen molar-refractivity contribution in [3.63, 3.8) is 0 Å². The monoisotopic (exact) mass is 460 g/mol. The Morgan fingerprint density at radius 3 is 2.33 bits per heavy atom. The van der Waals surface area contributed by atoms with Gasteiger partial charge in [0.25, 0.3) is 5.91 Å². The summed E-state index contributed by atoms with van der Waals surface area (Å²) in [5.74, 6) is -0.887. The van der Waals surface area contributed by atoms with Crippen LogP contribution in [0.4, 0.5) is 0 Å². The van der Waals surface area contributed by atoms with Crippen LogP contribution in [0.15, 0.2) is 0 Å². The van der Waals surface area contributed by atoms with E-state index >= 15 is 0 Å². The van der Waals surface area contributed by atoms with Crippen molar-refractivity contribution in [3.05, 3.63) is 0 Å². The number of nitrogens with zero attached hydrogens (tertiary/aromatic N) is 1. The Labute approximate surface area is 196 Å². The molecule has 8 nitrogen and oxygen atoms in total. The van der Waals surface area contributed by atoms with Gasteiger partial charge < -0.3 is 21.3 Å².